The molecule has 268 valence electrons. The molecule has 0 bridgehead atoms. The van der Waals surface area contributed by atoms with Crippen LogP contribution in [-0.4, -0.2) is 21.2 Å². The fraction of sp³-hybridized carbons (Fsp3) is 0.106. The summed E-state index contributed by atoms with van der Waals surface area (Å²) in [7, 11) is 2.07. The van der Waals surface area contributed by atoms with Crippen LogP contribution < -0.4 is 14.5 Å². The first-order chi connectivity index (χ1) is 25.8. The van der Waals surface area contributed by atoms with Crippen LogP contribution in [0.3, 0.4) is 0 Å². The Balaban J connectivity index is 0.00000384. The fourth-order valence-electron chi connectivity index (χ4n) is 7.72. The van der Waals surface area contributed by atoms with Crippen LogP contribution in [0.2, 0.25) is 0 Å². The second-order valence-corrected chi connectivity index (χ2v) is 14.7. The van der Waals surface area contributed by atoms with Crippen molar-refractivity contribution < 1.29 is 25.8 Å². The van der Waals surface area contributed by atoms with E-state index in [4.69, 9.17) is 9.72 Å². The van der Waals surface area contributed by atoms with E-state index >= 15 is 0 Å². The van der Waals surface area contributed by atoms with E-state index in [0.29, 0.717) is 11.5 Å². The molecular weight excluding hydrogens is 846 g/mol. The minimum Gasteiger partial charge on any atom is -0.509 e. The van der Waals surface area contributed by atoms with Crippen LogP contribution in [0.15, 0.2) is 140 Å². The maximum absolute atomic E-state index is 6.71. The van der Waals surface area contributed by atoms with Crippen molar-refractivity contribution in [1.82, 2.24) is 14.1 Å². The van der Waals surface area contributed by atoms with E-state index in [1.165, 1.54) is 5.39 Å². The molecule has 3 aromatic heterocycles. The molecule has 1 aliphatic rings. The van der Waals surface area contributed by atoms with Gasteiger partial charge in [-0.2, -0.15) is 12.7 Å². The summed E-state index contributed by atoms with van der Waals surface area (Å²) in [5.41, 5.74) is 9.52. The maximum Gasteiger partial charge on any atom is 0.137 e. The number of pyridine rings is 1. The van der Waals surface area contributed by atoms with Crippen LogP contribution in [-0.2, 0) is 26.5 Å². The van der Waals surface area contributed by atoms with E-state index < -0.39 is 0 Å². The molecule has 1 aliphatic heterocycles. The predicted molar refractivity (Wildman–Crippen MR) is 217 cm³/mol. The van der Waals surface area contributed by atoms with Crippen LogP contribution in [0.4, 0.5) is 17.1 Å². The molecule has 0 saturated heterocycles. The first kappa shape index (κ1) is 34.0. The number of rotatable bonds is 5. The van der Waals surface area contributed by atoms with Gasteiger partial charge in [0.2, 0.25) is 0 Å². The predicted octanol–water partition coefficient (Wildman–Crippen LogP) is 11.7. The second-order valence-electron chi connectivity index (χ2n) is 14.7. The van der Waals surface area contributed by atoms with Crippen molar-refractivity contribution in [1.29, 1.82) is 0 Å². The molecule has 0 fully saturated rings. The average Bonchev–Trinajstić information content (AvgIpc) is 3.81. The zero-order valence-corrected chi connectivity index (χ0v) is 32.6. The molecule has 0 aliphatic carbocycles. The smallest absolute Gasteiger partial charge is 0.137 e. The maximum atomic E-state index is 6.71. The standard InChI is InChI=1S/C47H36N5O.Pt/c1-47(2,3)31-24-33(50-30-49(4)42-20-12-13-21-43(42)50)26-35(25-31)53-34-22-23-38-36-16-8-11-19-41(36)52(44(38)27-34)46-28-45-39(29-48-46)37-17-9-10-18-40(37)51(45)32-14-6-5-7-15-32;/h5-25,28-30H,1-4H3;/q-3;. The van der Waals surface area contributed by atoms with Gasteiger partial charge in [0.15, 0.2) is 0 Å². The first-order valence-electron chi connectivity index (χ1n) is 17.9. The molecule has 6 nitrogen and oxygen atoms in total. The molecule has 10 rings (SSSR count). The number of para-hydroxylation sites is 5. The van der Waals surface area contributed by atoms with Crippen molar-refractivity contribution in [3.8, 4) is 23.0 Å². The Hall–Kier alpha value is -5.84. The van der Waals surface area contributed by atoms with Gasteiger partial charge >= 0.3 is 0 Å². The van der Waals surface area contributed by atoms with Crippen LogP contribution >= 0.6 is 0 Å². The molecular formula is C47H36N5OPt-3. The van der Waals surface area contributed by atoms with Crippen LogP contribution in [0.5, 0.6) is 11.5 Å². The topological polar surface area (TPSA) is 38.5 Å². The van der Waals surface area contributed by atoms with Crippen molar-refractivity contribution in [3.05, 3.63) is 164 Å². The van der Waals surface area contributed by atoms with Gasteiger partial charge in [0.05, 0.1) is 11.0 Å². The van der Waals surface area contributed by atoms with Gasteiger partial charge in [-0.3, -0.25) is 0 Å². The number of fused-ring (bicyclic) bond motifs is 7. The SMILES string of the molecule is CN1[CH-]N(c2[c-]c(Oc3[c-]c4c(cc3)c3ccccc3n4-c3cc4c(cn3)c3ccccc3n4-c3ccccc3)cc(C(C)(C)C)c2)c2ccccc21.[Pt]. The van der Waals surface area contributed by atoms with Gasteiger partial charge in [-0.05, 0) is 54.2 Å². The number of benzene rings is 6. The van der Waals surface area contributed by atoms with Crippen molar-refractivity contribution in [3.63, 3.8) is 0 Å². The van der Waals surface area contributed by atoms with Gasteiger partial charge in [-0.25, -0.2) is 4.98 Å². The number of ether oxygens (including phenoxy) is 1. The molecule has 0 radical (unpaired) electrons. The summed E-state index contributed by atoms with van der Waals surface area (Å²) < 4.78 is 11.2. The molecule has 4 heterocycles. The minimum atomic E-state index is -0.111. The Morgan fingerprint density at radius 1 is 0.611 bits per heavy atom. The number of nitrogens with zero attached hydrogens (tertiary/aromatic N) is 5. The second kappa shape index (κ2) is 12.9. The summed E-state index contributed by atoms with van der Waals surface area (Å²) in [5, 5.41) is 4.49. The minimum absolute atomic E-state index is 0. The quantitative estimate of drug-likeness (QED) is 0.161. The van der Waals surface area contributed by atoms with E-state index in [2.05, 4.69) is 193 Å². The molecule has 0 N–H and O–H groups in total. The van der Waals surface area contributed by atoms with Crippen LogP contribution in [0, 0.1) is 18.8 Å². The zero-order chi connectivity index (χ0) is 35.8. The van der Waals surface area contributed by atoms with Crippen LogP contribution in [0.25, 0.3) is 55.1 Å². The Morgan fingerprint density at radius 2 is 1.28 bits per heavy atom. The van der Waals surface area contributed by atoms with Gasteiger partial charge in [-0.15, -0.1) is 47.0 Å². The summed E-state index contributed by atoms with van der Waals surface area (Å²) in [6, 6.07) is 53.8. The number of hydrogen-bond donors (Lipinski definition) is 0. The molecule has 0 atom stereocenters. The van der Waals surface area contributed by atoms with Gasteiger partial charge in [-0.1, -0.05) is 93.0 Å². The number of anilines is 3. The largest absolute Gasteiger partial charge is 0.509 e. The molecule has 54 heavy (non-hydrogen) atoms. The molecule has 7 heteroatoms. The molecule has 0 saturated carbocycles. The van der Waals surface area contributed by atoms with E-state index in [0.717, 1.165) is 72.4 Å². The third kappa shape index (κ3) is 5.47. The Morgan fingerprint density at radius 3 is 2.04 bits per heavy atom. The van der Waals surface area contributed by atoms with Gasteiger partial charge in [0.1, 0.15) is 5.82 Å². The molecule has 0 unspecified atom stereocenters. The molecule has 6 aromatic carbocycles. The van der Waals surface area contributed by atoms with Crippen molar-refractivity contribution >= 4 is 60.7 Å². The summed E-state index contributed by atoms with van der Waals surface area (Å²) in [4.78, 5) is 9.43. The van der Waals surface area contributed by atoms with E-state index in [-0.39, 0.29) is 26.5 Å². The molecule has 0 amide bonds. The van der Waals surface area contributed by atoms with Crippen molar-refractivity contribution in [2.75, 3.05) is 16.8 Å². The molecule has 9 aromatic rings. The number of hydrogen-bond acceptors (Lipinski definition) is 4. The van der Waals surface area contributed by atoms with Gasteiger partial charge in [0.25, 0.3) is 0 Å². The summed E-state index contributed by atoms with van der Waals surface area (Å²) >= 11 is 0. The van der Waals surface area contributed by atoms with Crippen molar-refractivity contribution in [2.24, 2.45) is 0 Å². The van der Waals surface area contributed by atoms with Crippen molar-refractivity contribution in [2.45, 2.75) is 26.2 Å². The third-order valence-electron chi connectivity index (χ3n) is 10.3. The van der Waals surface area contributed by atoms with Gasteiger partial charge < -0.3 is 23.7 Å². The monoisotopic (exact) mass is 881 g/mol. The average molecular weight is 882 g/mol. The normalized spacial score (nSPS) is 12.9. The zero-order valence-electron chi connectivity index (χ0n) is 30.3. The summed E-state index contributed by atoms with van der Waals surface area (Å²) in [6.45, 7) is 8.77. The Kier molecular flexibility index (Phi) is 8.13. The first-order valence-corrected chi connectivity index (χ1v) is 17.9. The van der Waals surface area contributed by atoms with E-state index in [1.807, 2.05) is 12.3 Å². The van der Waals surface area contributed by atoms with E-state index in [9.17, 15) is 0 Å². The van der Waals surface area contributed by atoms with Gasteiger partial charge in [0, 0.05) is 78.2 Å². The Bertz CT molecular complexity index is 2870. The summed E-state index contributed by atoms with van der Waals surface area (Å²) in [6.07, 6.45) is 2.01. The fourth-order valence-corrected chi connectivity index (χ4v) is 7.72. The van der Waals surface area contributed by atoms with Crippen LogP contribution in [0.1, 0.15) is 26.3 Å². The molecule has 0 spiro atoms. The van der Waals surface area contributed by atoms with E-state index in [1.54, 1.807) is 0 Å². The Labute approximate surface area is 329 Å². The number of aromatic nitrogens is 3. The third-order valence-corrected chi connectivity index (χ3v) is 10.3. The summed E-state index contributed by atoms with van der Waals surface area (Å²) in [5.74, 6) is 2.06.